The third kappa shape index (κ3) is 2.57. The number of halogens is 1. The number of rotatable bonds is 3. The lowest BCUT2D eigenvalue weighted by molar-refractivity contribution is -0.149. The Morgan fingerprint density at radius 2 is 1.65 bits per heavy atom. The van der Waals surface area contributed by atoms with Gasteiger partial charge in [-0.15, -0.1) is 0 Å². The molecule has 0 spiro atoms. The number of carboxylic acids is 1. The van der Waals surface area contributed by atoms with Gasteiger partial charge in [0.25, 0.3) is 5.91 Å². The Labute approximate surface area is 150 Å². The summed E-state index contributed by atoms with van der Waals surface area (Å²) in [5, 5.41) is 9.86. The van der Waals surface area contributed by atoms with Crippen molar-refractivity contribution in [2.45, 2.75) is 19.3 Å². The number of hydrogen-bond acceptors (Lipinski definition) is 3. The fourth-order valence-corrected chi connectivity index (χ4v) is 4.38. The molecule has 4 rings (SSSR count). The highest BCUT2D eigenvalue weighted by Crippen LogP contribution is 2.44. The van der Waals surface area contributed by atoms with E-state index in [1.54, 1.807) is 4.90 Å². The number of carbonyl (C=O) groups is 3. The fraction of sp³-hybridized carbons (Fsp3) is 0.526. The number of fused-ring (bicyclic) bond motifs is 1. The Balaban J connectivity index is 1.51. The van der Waals surface area contributed by atoms with Gasteiger partial charge < -0.3 is 14.9 Å². The van der Waals surface area contributed by atoms with Gasteiger partial charge in [0.15, 0.2) is 0 Å². The van der Waals surface area contributed by atoms with Gasteiger partial charge in [0, 0.05) is 43.6 Å². The van der Waals surface area contributed by atoms with E-state index in [1.165, 1.54) is 29.2 Å². The second-order valence-corrected chi connectivity index (χ2v) is 7.70. The Hall–Kier alpha value is -2.44. The topological polar surface area (TPSA) is 77.9 Å². The molecule has 0 unspecified atom stereocenters. The Bertz CT molecular complexity index is 761. The van der Waals surface area contributed by atoms with Crippen LogP contribution in [0.3, 0.4) is 0 Å². The lowest BCUT2D eigenvalue weighted by Gasteiger charge is -2.31. The van der Waals surface area contributed by atoms with Crippen LogP contribution in [0.15, 0.2) is 24.3 Å². The van der Waals surface area contributed by atoms with Crippen LogP contribution in [0.1, 0.15) is 29.6 Å². The standard InChI is InChI=1S/C19H21FN2O4/c20-15-6-4-13(5-7-15)17(24)22-9-14-8-21(16(23)12-2-1-3-12)10-19(14,11-22)18(25)26/h4-7,12,14H,1-3,8-11H2,(H,25,26)/t14-,19-/m1/s1. The van der Waals surface area contributed by atoms with Crippen molar-refractivity contribution in [3.05, 3.63) is 35.6 Å². The van der Waals surface area contributed by atoms with Crippen LogP contribution in [-0.4, -0.2) is 58.9 Å². The molecule has 1 aromatic carbocycles. The summed E-state index contributed by atoms with van der Waals surface area (Å²) in [7, 11) is 0. The van der Waals surface area contributed by atoms with E-state index in [4.69, 9.17) is 0 Å². The van der Waals surface area contributed by atoms with E-state index in [1.807, 2.05) is 0 Å². The van der Waals surface area contributed by atoms with E-state index in [2.05, 4.69) is 0 Å². The molecule has 2 amide bonds. The lowest BCUT2D eigenvalue weighted by Crippen LogP contribution is -2.44. The first kappa shape index (κ1) is 17.0. The first-order chi connectivity index (χ1) is 12.4. The van der Waals surface area contributed by atoms with Crippen LogP contribution in [-0.2, 0) is 9.59 Å². The van der Waals surface area contributed by atoms with Gasteiger partial charge in [-0.2, -0.15) is 0 Å². The molecular formula is C19H21FN2O4. The van der Waals surface area contributed by atoms with Gasteiger partial charge in [-0.05, 0) is 37.1 Å². The SMILES string of the molecule is O=C(c1ccc(F)cc1)N1C[C@H]2CN(C(=O)C3CCC3)C[C@@]2(C(=O)O)C1. The molecule has 6 nitrogen and oxygen atoms in total. The molecule has 0 aromatic heterocycles. The van der Waals surface area contributed by atoms with Crippen LogP contribution < -0.4 is 0 Å². The zero-order valence-corrected chi connectivity index (χ0v) is 14.4. The van der Waals surface area contributed by atoms with Gasteiger partial charge in [0.2, 0.25) is 5.91 Å². The molecule has 2 heterocycles. The monoisotopic (exact) mass is 360 g/mol. The summed E-state index contributed by atoms with van der Waals surface area (Å²) >= 11 is 0. The van der Waals surface area contributed by atoms with Gasteiger partial charge in [0.1, 0.15) is 11.2 Å². The third-order valence-electron chi connectivity index (χ3n) is 6.18. The van der Waals surface area contributed by atoms with Crippen molar-refractivity contribution in [2.75, 3.05) is 26.2 Å². The quantitative estimate of drug-likeness (QED) is 0.888. The predicted octanol–water partition coefficient (Wildman–Crippen LogP) is 1.61. The van der Waals surface area contributed by atoms with Crippen LogP contribution in [0.25, 0.3) is 0 Å². The number of benzene rings is 1. The maximum Gasteiger partial charge on any atom is 0.313 e. The molecule has 1 N–H and O–H groups in total. The smallest absolute Gasteiger partial charge is 0.313 e. The third-order valence-corrected chi connectivity index (χ3v) is 6.18. The molecule has 1 aliphatic carbocycles. The highest BCUT2D eigenvalue weighted by molar-refractivity contribution is 5.95. The summed E-state index contributed by atoms with van der Waals surface area (Å²) in [5.74, 6) is -1.85. The molecule has 138 valence electrons. The van der Waals surface area contributed by atoms with Gasteiger partial charge in [-0.1, -0.05) is 6.42 Å². The number of amides is 2. The van der Waals surface area contributed by atoms with Crippen LogP contribution >= 0.6 is 0 Å². The number of nitrogens with zero attached hydrogens (tertiary/aromatic N) is 2. The highest BCUT2D eigenvalue weighted by atomic mass is 19.1. The zero-order valence-electron chi connectivity index (χ0n) is 14.4. The molecule has 7 heteroatoms. The maximum absolute atomic E-state index is 13.1. The first-order valence-corrected chi connectivity index (χ1v) is 8.98. The average Bonchev–Trinajstić information content (AvgIpc) is 3.08. The van der Waals surface area contributed by atoms with E-state index in [0.717, 1.165) is 19.3 Å². The average molecular weight is 360 g/mol. The summed E-state index contributed by atoms with van der Waals surface area (Å²) in [4.78, 5) is 40.4. The second kappa shape index (κ2) is 6.07. The van der Waals surface area contributed by atoms with E-state index in [9.17, 15) is 23.9 Å². The number of likely N-dealkylation sites (tertiary alicyclic amines) is 2. The molecule has 3 aliphatic rings. The summed E-state index contributed by atoms with van der Waals surface area (Å²) in [6.45, 7) is 0.930. The van der Waals surface area contributed by atoms with E-state index < -0.39 is 17.2 Å². The summed E-state index contributed by atoms with van der Waals surface area (Å²) in [6, 6.07) is 5.25. The van der Waals surface area contributed by atoms with Gasteiger partial charge >= 0.3 is 5.97 Å². The maximum atomic E-state index is 13.1. The van der Waals surface area contributed by atoms with Crippen LogP contribution in [0.5, 0.6) is 0 Å². The highest BCUT2D eigenvalue weighted by Gasteiger charge is 2.59. The fourth-order valence-electron chi connectivity index (χ4n) is 4.38. The van der Waals surface area contributed by atoms with Gasteiger partial charge in [-0.25, -0.2) is 4.39 Å². The molecule has 1 saturated carbocycles. The number of aliphatic carboxylic acids is 1. The molecule has 2 aliphatic heterocycles. The van der Waals surface area contributed by atoms with Crippen molar-refractivity contribution >= 4 is 17.8 Å². The van der Waals surface area contributed by atoms with Crippen molar-refractivity contribution in [1.29, 1.82) is 0 Å². The largest absolute Gasteiger partial charge is 0.481 e. The lowest BCUT2D eigenvalue weighted by atomic mass is 9.81. The van der Waals surface area contributed by atoms with Gasteiger partial charge in [-0.3, -0.25) is 14.4 Å². The minimum Gasteiger partial charge on any atom is -0.481 e. The van der Waals surface area contributed by atoms with Crippen molar-refractivity contribution < 1.29 is 23.9 Å². The van der Waals surface area contributed by atoms with Crippen LogP contribution in [0.4, 0.5) is 4.39 Å². The van der Waals surface area contributed by atoms with Crippen molar-refractivity contribution in [1.82, 2.24) is 9.80 Å². The minimum absolute atomic E-state index is 0.0385. The minimum atomic E-state index is -1.10. The Kier molecular flexibility index (Phi) is 3.97. The molecule has 2 atom stereocenters. The molecule has 0 radical (unpaired) electrons. The number of carbonyl (C=O) groups excluding carboxylic acids is 2. The number of hydrogen-bond donors (Lipinski definition) is 1. The summed E-state index contributed by atoms with van der Waals surface area (Å²) in [5.41, 5.74) is -0.760. The van der Waals surface area contributed by atoms with Crippen molar-refractivity contribution in [3.8, 4) is 0 Å². The van der Waals surface area contributed by atoms with Crippen molar-refractivity contribution in [3.63, 3.8) is 0 Å². The van der Waals surface area contributed by atoms with Gasteiger partial charge in [0.05, 0.1) is 0 Å². The normalized spacial score (nSPS) is 28.0. The molecule has 3 fully saturated rings. The molecule has 0 bridgehead atoms. The Morgan fingerprint density at radius 3 is 2.19 bits per heavy atom. The second-order valence-electron chi connectivity index (χ2n) is 7.70. The van der Waals surface area contributed by atoms with E-state index >= 15 is 0 Å². The number of carboxylic acid groups (broad SMARTS) is 1. The Morgan fingerprint density at radius 1 is 1.04 bits per heavy atom. The van der Waals surface area contributed by atoms with E-state index in [-0.39, 0.29) is 36.7 Å². The summed E-state index contributed by atoms with van der Waals surface area (Å²) in [6.07, 6.45) is 2.82. The summed E-state index contributed by atoms with van der Waals surface area (Å²) < 4.78 is 13.1. The predicted molar refractivity (Wildman–Crippen MR) is 89.8 cm³/mol. The zero-order chi connectivity index (χ0) is 18.5. The van der Waals surface area contributed by atoms with E-state index in [0.29, 0.717) is 18.7 Å². The molecule has 26 heavy (non-hydrogen) atoms. The first-order valence-electron chi connectivity index (χ1n) is 8.98. The van der Waals surface area contributed by atoms with Crippen LogP contribution in [0, 0.1) is 23.1 Å². The molecular weight excluding hydrogens is 339 g/mol. The van der Waals surface area contributed by atoms with Crippen LogP contribution in [0.2, 0.25) is 0 Å². The van der Waals surface area contributed by atoms with Crippen molar-refractivity contribution in [2.24, 2.45) is 17.3 Å². The molecule has 2 saturated heterocycles. The molecule has 1 aromatic rings.